The summed E-state index contributed by atoms with van der Waals surface area (Å²) in [6.07, 6.45) is 3.88. The van der Waals surface area contributed by atoms with Crippen molar-refractivity contribution < 1.29 is 4.79 Å². The molecule has 24 heavy (non-hydrogen) atoms. The molecule has 0 spiro atoms. The molecule has 0 saturated heterocycles. The Morgan fingerprint density at radius 2 is 1.88 bits per heavy atom. The molecule has 0 radical (unpaired) electrons. The van der Waals surface area contributed by atoms with E-state index in [2.05, 4.69) is 15.3 Å². The number of pyridine rings is 1. The molecule has 5 heteroatoms. The summed E-state index contributed by atoms with van der Waals surface area (Å²) in [7, 11) is 0. The number of carbonyl (C=O) groups excluding carboxylic acids is 1. The van der Waals surface area contributed by atoms with Gasteiger partial charge >= 0.3 is 0 Å². The zero-order valence-electron chi connectivity index (χ0n) is 13.7. The summed E-state index contributed by atoms with van der Waals surface area (Å²) in [6.45, 7) is 4.00. The van der Waals surface area contributed by atoms with Gasteiger partial charge < -0.3 is 5.32 Å². The second-order valence-corrected chi connectivity index (χ2v) is 6.65. The van der Waals surface area contributed by atoms with Gasteiger partial charge in [0, 0.05) is 23.3 Å². The molecule has 0 unspecified atom stereocenters. The summed E-state index contributed by atoms with van der Waals surface area (Å²) in [6, 6.07) is 11.8. The highest BCUT2D eigenvalue weighted by atomic mass is 32.1. The molecular weight excluding hydrogens is 318 g/mol. The lowest BCUT2D eigenvalue weighted by Gasteiger charge is -2.11. The number of nitrogens with one attached hydrogen (secondary N) is 1. The van der Waals surface area contributed by atoms with Crippen LogP contribution in [0, 0.1) is 6.92 Å². The number of rotatable bonds is 5. The van der Waals surface area contributed by atoms with Gasteiger partial charge in [0.2, 0.25) is 5.91 Å². The lowest BCUT2D eigenvalue weighted by molar-refractivity contribution is -0.121. The second kappa shape index (κ2) is 7.36. The Labute approximate surface area is 145 Å². The number of carbonyl (C=O) groups is 1. The number of aromatic nitrogens is 2. The van der Waals surface area contributed by atoms with E-state index in [0.717, 1.165) is 21.8 Å². The van der Waals surface area contributed by atoms with E-state index in [1.807, 2.05) is 55.6 Å². The number of amides is 1. The smallest absolute Gasteiger partial charge is 0.224 e. The van der Waals surface area contributed by atoms with Crippen molar-refractivity contribution >= 4 is 17.2 Å². The van der Waals surface area contributed by atoms with Crippen LogP contribution in [0.2, 0.25) is 0 Å². The maximum absolute atomic E-state index is 12.2. The largest absolute Gasteiger partial charge is 0.347 e. The fraction of sp³-hybridized carbons (Fsp3) is 0.211. The number of aryl methyl sites for hydroxylation is 1. The molecule has 122 valence electrons. The molecule has 0 bridgehead atoms. The van der Waals surface area contributed by atoms with Gasteiger partial charge in [-0.15, -0.1) is 11.3 Å². The molecule has 4 nitrogen and oxygen atoms in total. The Morgan fingerprint density at radius 1 is 1.17 bits per heavy atom. The minimum atomic E-state index is -0.108. The third kappa shape index (κ3) is 4.06. The highest BCUT2D eigenvalue weighted by Crippen LogP contribution is 2.25. The highest BCUT2D eigenvalue weighted by molar-refractivity contribution is 7.10. The molecule has 0 aliphatic heterocycles. The van der Waals surface area contributed by atoms with Crippen LogP contribution in [0.4, 0.5) is 0 Å². The van der Waals surface area contributed by atoms with Crippen LogP contribution >= 0.6 is 11.3 Å². The van der Waals surface area contributed by atoms with E-state index in [1.165, 1.54) is 5.56 Å². The number of hydrogen-bond acceptors (Lipinski definition) is 4. The number of thiazole rings is 1. The standard InChI is InChI=1S/C19H19N3OS/c1-13-3-5-15(6-4-13)11-18(23)21-14(2)19-22-17(12-24-19)16-7-9-20-10-8-16/h3-10,12,14H,11H2,1-2H3,(H,21,23)/t14-/m1/s1. The number of benzene rings is 1. The van der Waals surface area contributed by atoms with Gasteiger partial charge in [-0.2, -0.15) is 0 Å². The van der Waals surface area contributed by atoms with Gasteiger partial charge in [0.1, 0.15) is 5.01 Å². The average Bonchev–Trinajstić information content (AvgIpc) is 3.08. The minimum absolute atomic E-state index is 0.00649. The molecule has 0 saturated carbocycles. The van der Waals surface area contributed by atoms with Crippen LogP contribution in [-0.4, -0.2) is 15.9 Å². The van der Waals surface area contributed by atoms with Gasteiger partial charge in [0.05, 0.1) is 18.2 Å². The van der Waals surface area contributed by atoms with Crippen molar-refractivity contribution in [2.24, 2.45) is 0 Å². The van der Waals surface area contributed by atoms with Gasteiger partial charge in [0.25, 0.3) is 0 Å². The summed E-state index contributed by atoms with van der Waals surface area (Å²) in [4.78, 5) is 20.9. The predicted molar refractivity (Wildman–Crippen MR) is 96.8 cm³/mol. The minimum Gasteiger partial charge on any atom is -0.347 e. The number of hydrogen-bond donors (Lipinski definition) is 1. The quantitative estimate of drug-likeness (QED) is 0.767. The molecule has 0 fully saturated rings. The van der Waals surface area contributed by atoms with Crippen LogP contribution in [0.3, 0.4) is 0 Å². The Bertz CT molecular complexity index is 812. The third-order valence-electron chi connectivity index (χ3n) is 3.73. The lowest BCUT2D eigenvalue weighted by Crippen LogP contribution is -2.28. The summed E-state index contributed by atoms with van der Waals surface area (Å²) in [5, 5.41) is 5.93. The second-order valence-electron chi connectivity index (χ2n) is 5.76. The lowest BCUT2D eigenvalue weighted by atomic mass is 10.1. The van der Waals surface area contributed by atoms with Crippen LogP contribution in [0.5, 0.6) is 0 Å². The Kier molecular flexibility index (Phi) is 5.01. The molecule has 1 amide bonds. The van der Waals surface area contributed by atoms with Crippen molar-refractivity contribution in [1.82, 2.24) is 15.3 Å². The Morgan fingerprint density at radius 3 is 2.58 bits per heavy atom. The molecule has 2 aromatic heterocycles. The monoisotopic (exact) mass is 337 g/mol. The molecule has 0 aliphatic rings. The van der Waals surface area contributed by atoms with E-state index in [4.69, 9.17) is 0 Å². The highest BCUT2D eigenvalue weighted by Gasteiger charge is 2.14. The van der Waals surface area contributed by atoms with Crippen LogP contribution in [-0.2, 0) is 11.2 Å². The van der Waals surface area contributed by atoms with Crippen molar-refractivity contribution in [2.75, 3.05) is 0 Å². The van der Waals surface area contributed by atoms with Gasteiger partial charge in [-0.05, 0) is 31.5 Å². The average molecular weight is 337 g/mol. The molecular formula is C19H19N3OS. The zero-order chi connectivity index (χ0) is 16.9. The predicted octanol–water partition coefficient (Wildman–Crippen LogP) is 3.93. The van der Waals surface area contributed by atoms with E-state index in [-0.39, 0.29) is 11.9 Å². The van der Waals surface area contributed by atoms with E-state index in [1.54, 1.807) is 23.7 Å². The SMILES string of the molecule is Cc1ccc(CC(=O)N[C@H](C)c2nc(-c3ccncc3)cs2)cc1. The summed E-state index contributed by atoms with van der Waals surface area (Å²) < 4.78 is 0. The Hall–Kier alpha value is -2.53. The molecule has 3 rings (SSSR count). The van der Waals surface area contributed by atoms with E-state index >= 15 is 0 Å². The van der Waals surface area contributed by atoms with Gasteiger partial charge in [-0.25, -0.2) is 4.98 Å². The van der Waals surface area contributed by atoms with Crippen LogP contribution in [0.15, 0.2) is 54.2 Å². The van der Waals surface area contributed by atoms with Gasteiger partial charge in [-0.1, -0.05) is 29.8 Å². The van der Waals surface area contributed by atoms with E-state index in [9.17, 15) is 4.79 Å². The van der Waals surface area contributed by atoms with Crippen molar-refractivity contribution in [3.05, 3.63) is 70.3 Å². The first-order chi connectivity index (χ1) is 11.6. The molecule has 0 aliphatic carbocycles. The van der Waals surface area contributed by atoms with E-state index in [0.29, 0.717) is 6.42 Å². The van der Waals surface area contributed by atoms with E-state index < -0.39 is 0 Å². The first kappa shape index (κ1) is 16.3. The maximum Gasteiger partial charge on any atom is 0.224 e. The van der Waals surface area contributed by atoms with Crippen molar-refractivity contribution in [2.45, 2.75) is 26.3 Å². The third-order valence-corrected chi connectivity index (χ3v) is 4.76. The molecule has 1 aromatic carbocycles. The molecule has 2 heterocycles. The first-order valence-corrected chi connectivity index (χ1v) is 8.70. The molecule has 1 N–H and O–H groups in total. The van der Waals surface area contributed by atoms with Crippen molar-refractivity contribution in [3.8, 4) is 11.3 Å². The summed E-state index contributed by atoms with van der Waals surface area (Å²) >= 11 is 1.56. The van der Waals surface area contributed by atoms with Crippen LogP contribution < -0.4 is 5.32 Å². The van der Waals surface area contributed by atoms with Crippen LogP contribution in [0.1, 0.15) is 29.1 Å². The summed E-state index contributed by atoms with van der Waals surface area (Å²) in [5.41, 5.74) is 4.16. The maximum atomic E-state index is 12.2. The topological polar surface area (TPSA) is 54.9 Å². The fourth-order valence-corrected chi connectivity index (χ4v) is 3.22. The molecule has 3 aromatic rings. The van der Waals surface area contributed by atoms with Gasteiger partial charge in [0.15, 0.2) is 0 Å². The fourth-order valence-electron chi connectivity index (χ4n) is 2.39. The Balaban J connectivity index is 1.62. The van der Waals surface area contributed by atoms with Gasteiger partial charge in [-0.3, -0.25) is 9.78 Å². The summed E-state index contributed by atoms with van der Waals surface area (Å²) in [5.74, 6) is 0.00649. The van der Waals surface area contributed by atoms with Crippen molar-refractivity contribution in [3.63, 3.8) is 0 Å². The molecule has 1 atom stereocenters. The number of nitrogens with zero attached hydrogens (tertiary/aromatic N) is 2. The van der Waals surface area contributed by atoms with Crippen LogP contribution in [0.25, 0.3) is 11.3 Å². The van der Waals surface area contributed by atoms with Crippen molar-refractivity contribution in [1.29, 1.82) is 0 Å². The first-order valence-electron chi connectivity index (χ1n) is 7.82. The normalized spacial score (nSPS) is 11.9. The zero-order valence-corrected chi connectivity index (χ0v) is 14.5.